The maximum absolute atomic E-state index is 13.1. The van der Waals surface area contributed by atoms with Gasteiger partial charge in [0.15, 0.2) is 11.6 Å². The molecule has 0 aliphatic heterocycles. The van der Waals surface area contributed by atoms with Crippen molar-refractivity contribution in [1.29, 1.82) is 0 Å². The Morgan fingerprint density at radius 1 is 1.58 bits per heavy atom. The minimum Gasteiger partial charge on any atom is -0.493 e. The number of hydrogen-bond acceptors (Lipinski definition) is 2. The normalized spacial score (nSPS) is 10.0. The predicted molar refractivity (Wildman–Crippen MR) is 43.9 cm³/mol. The highest BCUT2D eigenvalue weighted by Crippen LogP contribution is 2.28. The molecule has 0 spiro atoms. The molecule has 0 heterocycles. The quantitative estimate of drug-likeness (QED) is 0.773. The van der Waals surface area contributed by atoms with E-state index in [1.165, 1.54) is 19.2 Å². The van der Waals surface area contributed by atoms with Gasteiger partial charge in [-0.2, -0.15) is 0 Å². The van der Waals surface area contributed by atoms with Crippen molar-refractivity contribution in [2.24, 2.45) is 0 Å². The topological polar surface area (TPSA) is 29.5 Å². The summed E-state index contributed by atoms with van der Waals surface area (Å²) in [5.41, 5.74) is 0.388. The van der Waals surface area contributed by atoms with E-state index in [2.05, 4.69) is 0 Å². The number of hydrogen-bond donors (Lipinski definition) is 1. The van der Waals surface area contributed by atoms with E-state index in [1.54, 1.807) is 0 Å². The Balaban J connectivity index is 3.25. The fourth-order valence-electron chi connectivity index (χ4n) is 0.917. The highest BCUT2D eigenvalue weighted by atomic mass is 35.5. The summed E-state index contributed by atoms with van der Waals surface area (Å²) in [6, 6.07) is 2.90. The summed E-state index contributed by atoms with van der Waals surface area (Å²) in [7, 11) is 1.33. The minimum atomic E-state index is -0.634. The van der Waals surface area contributed by atoms with Gasteiger partial charge in [-0.15, -0.1) is 0 Å². The molecule has 1 N–H and O–H groups in total. The van der Waals surface area contributed by atoms with Gasteiger partial charge in [-0.3, -0.25) is 0 Å². The maximum atomic E-state index is 13.1. The maximum Gasteiger partial charge on any atom is 0.183 e. The smallest absolute Gasteiger partial charge is 0.183 e. The van der Waals surface area contributed by atoms with Crippen molar-refractivity contribution in [3.05, 3.63) is 28.5 Å². The molecule has 12 heavy (non-hydrogen) atoms. The first-order valence-electron chi connectivity index (χ1n) is 3.32. The average Bonchev–Trinajstić information content (AvgIpc) is 2.09. The second-order valence-corrected chi connectivity index (χ2v) is 2.62. The number of methoxy groups -OCH3 is 1. The van der Waals surface area contributed by atoms with Crippen LogP contribution in [0.3, 0.4) is 0 Å². The minimum absolute atomic E-state index is 0.00463. The fourth-order valence-corrected chi connectivity index (χ4v) is 1.07. The zero-order valence-corrected chi connectivity index (χ0v) is 7.23. The molecule has 0 aromatic heterocycles. The molecule has 0 bridgehead atoms. The average molecular weight is 191 g/mol. The highest BCUT2D eigenvalue weighted by molar-refractivity contribution is 6.30. The SMILES string of the molecule is COc1c(CO)ccc(Cl)c1F. The first-order chi connectivity index (χ1) is 5.70. The second kappa shape index (κ2) is 3.74. The summed E-state index contributed by atoms with van der Waals surface area (Å²) in [6.45, 7) is -0.267. The van der Waals surface area contributed by atoms with Crippen molar-refractivity contribution >= 4 is 11.6 Å². The van der Waals surface area contributed by atoms with Gasteiger partial charge in [0.05, 0.1) is 18.7 Å². The van der Waals surface area contributed by atoms with Crippen molar-refractivity contribution in [1.82, 2.24) is 0 Å². The van der Waals surface area contributed by atoms with E-state index in [9.17, 15) is 4.39 Å². The molecule has 0 aliphatic carbocycles. The zero-order chi connectivity index (χ0) is 9.14. The van der Waals surface area contributed by atoms with Crippen LogP contribution in [0.1, 0.15) is 5.56 Å². The molecule has 0 fully saturated rings. The summed E-state index contributed by atoms with van der Waals surface area (Å²) in [6.07, 6.45) is 0. The summed E-state index contributed by atoms with van der Waals surface area (Å²) < 4.78 is 17.8. The lowest BCUT2D eigenvalue weighted by molar-refractivity contribution is 0.271. The Hall–Kier alpha value is -0.800. The molecule has 0 radical (unpaired) electrons. The van der Waals surface area contributed by atoms with E-state index >= 15 is 0 Å². The lowest BCUT2D eigenvalue weighted by Gasteiger charge is -2.07. The molecule has 66 valence electrons. The van der Waals surface area contributed by atoms with Crippen molar-refractivity contribution in [3.63, 3.8) is 0 Å². The standard InChI is InChI=1S/C8H8ClFO2/c1-12-8-5(4-11)2-3-6(9)7(8)10/h2-3,11H,4H2,1H3. The number of ether oxygens (including phenoxy) is 1. The van der Waals surface area contributed by atoms with Gasteiger partial charge in [-0.1, -0.05) is 17.7 Å². The van der Waals surface area contributed by atoms with Crippen LogP contribution in [0.15, 0.2) is 12.1 Å². The van der Waals surface area contributed by atoms with Crippen LogP contribution in [-0.4, -0.2) is 12.2 Å². The monoisotopic (exact) mass is 190 g/mol. The van der Waals surface area contributed by atoms with Crippen LogP contribution < -0.4 is 4.74 Å². The highest BCUT2D eigenvalue weighted by Gasteiger charge is 2.11. The largest absolute Gasteiger partial charge is 0.493 e. The lowest BCUT2D eigenvalue weighted by atomic mass is 10.2. The van der Waals surface area contributed by atoms with Crippen LogP contribution in [0.4, 0.5) is 4.39 Å². The molecule has 1 aromatic rings. The van der Waals surface area contributed by atoms with Crippen LogP contribution in [0.5, 0.6) is 5.75 Å². The van der Waals surface area contributed by atoms with Crippen molar-refractivity contribution in [3.8, 4) is 5.75 Å². The Kier molecular flexibility index (Phi) is 2.89. The zero-order valence-electron chi connectivity index (χ0n) is 6.47. The van der Waals surface area contributed by atoms with Crippen molar-refractivity contribution in [2.75, 3.05) is 7.11 Å². The van der Waals surface area contributed by atoms with E-state index in [1.807, 2.05) is 0 Å². The van der Waals surface area contributed by atoms with Gasteiger partial charge in [0.2, 0.25) is 0 Å². The lowest BCUT2D eigenvalue weighted by Crippen LogP contribution is -1.95. The van der Waals surface area contributed by atoms with Crippen LogP contribution >= 0.6 is 11.6 Å². The summed E-state index contributed by atoms with van der Waals surface area (Å²) >= 11 is 5.48. The third-order valence-electron chi connectivity index (χ3n) is 1.51. The summed E-state index contributed by atoms with van der Waals surface area (Å²) in [4.78, 5) is 0. The van der Waals surface area contributed by atoms with Crippen molar-refractivity contribution < 1.29 is 14.2 Å². The molecule has 0 saturated carbocycles. The van der Waals surface area contributed by atoms with E-state index in [4.69, 9.17) is 21.4 Å². The molecule has 1 aromatic carbocycles. The van der Waals surface area contributed by atoms with Gasteiger partial charge >= 0.3 is 0 Å². The number of aliphatic hydroxyl groups excluding tert-OH is 1. The second-order valence-electron chi connectivity index (χ2n) is 2.21. The molecule has 0 aliphatic rings. The molecule has 4 heteroatoms. The molecule has 0 amide bonds. The van der Waals surface area contributed by atoms with Gasteiger partial charge in [-0.05, 0) is 6.07 Å². The first-order valence-corrected chi connectivity index (χ1v) is 3.70. The molecule has 2 nitrogen and oxygen atoms in total. The van der Waals surface area contributed by atoms with Crippen molar-refractivity contribution in [2.45, 2.75) is 6.61 Å². The summed E-state index contributed by atoms with van der Waals surface area (Å²) in [5.74, 6) is -0.629. The Morgan fingerprint density at radius 3 is 2.75 bits per heavy atom. The summed E-state index contributed by atoms with van der Waals surface area (Å²) in [5, 5.41) is 8.76. The molecule has 0 atom stereocenters. The molecular weight excluding hydrogens is 183 g/mol. The fraction of sp³-hybridized carbons (Fsp3) is 0.250. The van der Waals surface area contributed by atoms with Crippen LogP contribution in [0.2, 0.25) is 5.02 Å². The van der Waals surface area contributed by atoms with E-state index < -0.39 is 5.82 Å². The first kappa shape index (κ1) is 9.29. The molecule has 0 unspecified atom stereocenters. The van der Waals surface area contributed by atoms with Crippen LogP contribution in [-0.2, 0) is 6.61 Å². The Bertz CT molecular complexity index is 289. The Morgan fingerprint density at radius 2 is 2.25 bits per heavy atom. The van der Waals surface area contributed by atoms with Gasteiger partial charge in [0, 0.05) is 5.56 Å². The number of aliphatic hydroxyl groups is 1. The van der Waals surface area contributed by atoms with Crippen LogP contribution in [0, 0.1) is 5.82 Å². The molecule has 1 rings (SSSR count). The van der Waals surface area contributed by atoms with Gasteiger partial charge in [-0.25, -0.2) is 4.39 Å². The van der Waals surface area contributed by atoms with E-state index in [0.717, 1.165) is 0 Å². The molecular formula is C8H8ClFO2. The third kappa shape index (κ3) is 1.52. The predicted octanol–water partition coefficient (Wildman–Crippen LogP) is 1.98. The number of halogens is 2. The van der Waals surface area contributed by atoms with Gasteiger partial charge in [0.25, 0.3) is 0 Å². The number of rotatable bonds is 2. The van der Waals surface area contributed by atoms with E-state index in [-0.39, 0.29) is 17.4 Å². The van der Waals surface area contributed by atoms with Crippen LogP contribution in [0.25, 0.3) is 0 Å². The van der Waals surface area contributed by atoms with E-state index in [0.29, 0.717) is 5.56 Å². The van der Waals surface area contributed by atoms with Gasteiger partial charge in [0.1, 0.15) is 0 Å². The third-order valence-corrected chi connectivity index (χ3v) is 1.80. The number of benzene rings is 1. The molecule has 0 saturated heterocycles. The van der Waals surface area contributed by atoms with Gasteiger partial charge < -0.3 is 9.84 Å². The Labute approximate surface area is 74.5 Å².